The number of aromatic nitrogens is 3. The van der Waals surface area contributed by atoms with Crippen molar-refractivity contribution in [1.29, 1.82) is 0 Å². The summed E-state index contributed by atoms with van der Waals surface area (Å²) in [7, 11) is 0. The van der Waals surface area contributed by atoms with Gasteiger partial charge in [0.2, 0.25) is 5.82 Å². The van der Waals surface area contributed by atoms with Crippen LogP contribution in [0.2, 0.25) is 20.1 Å². The summed E-state index contributed by atoms with van der Waals surface area (Å²) in [6.45, 7) is 1.91. The zero-order valence-corrected chi connectivity index (χ0v) is 19.1. The van der Waals surface area contributed by atoms with Gasteiger partial charge in [-0.1, -0.05) is 52.5 Å². The molecule has 1 amide bonds. The fourth-order valence-corrected chi connectivity index (χ4v) is 3.45. The Balaban J connectivity index is 1.76. The Kier molecular flexibility index (Phi) is 6.21. The Labute approximate surface area is 198 Å². The van der Waals surface area contributed by atoms with Crippen molar-refractivity contribution in [2.24, 2.45) is 0 Å². The first-order chi connectivity index (χ1) is 14.8. The molecule has 4 aromatic rings. The van der Waals surface area contributed by atoms with Crippen LogP contribution >= 0.6 is 46.4 Å². The summed E-state index contributed by atoms with van der Waals surface area (Å²) in [5, 5.41) is 9.05. The van der Waals surface area contributed by atoms with Gasteiger partial charge >= 0.3 is 0 Å². The number of anilines is 1. The van der Waals surface area contributed by atoms with Gasteiger partial charge in [0.05, 0.1) is 15.7 Å². The molecule has 0 fully saturated rings. The predicted octanol–water partition coefficient (Wildman–Crippen LogP) is 7.11. The highest BCUT2D eigenvalue weighted by Crippen LogP contribution is 2.27. The van der Waals surface area contributed by atoms with E-state index >= 15 is 0 Å². The highest BCUT2D eigenvalue weighted by molar-refractivity contribution is 6.42. The van der Waals surface area contributed by atoms with E-state index in [0.717, 1.165) is 11.1 Å². The van der Waals surface area contributed by atoms with E-state index in [1.165, 1.54) is 0 Å². The summed E-state index contributed by atoms with van der Waals surface area (Å²) in [4.78, 5) is 17.3. The van der Waals surface area contributed by atoms with Crippen LogP contribution in [0.25, 0.3) is 17.1 Å². The highest BCUT2D eigenvalue weighted by atomic mass is 35.5. The molecule has 0 bridgehead atoms. The molecular weight excluding hydrogens is 478 g/mol. The number of aryl methyl sites for hydroxylation is 1. The van der Waals surface area contributed by atoms with Crippen LogP contribution in [0, 0.1) is 6.92 Å². The van der Waals surface area contributed by atoms with E-state index in [1.807, 2.05) is 19.1 Å². The van der Waals surface area contributed by atoms with Crippen LogP contribution in [0.15, 0.2) is 60.7 Å². The van der Waals surface area contributed by atoms with Crippen LogP contribution in [0.5, 0.6) is 0 Å². The lowest BCUT2D eigenvalue weighted by Crippen LogP contribution is -2.14. The standard InChI is InChI=1S/C22H14Cl4N4O/c1-12-2-8-16(11-18(12)25)30-21(13-3-5-14(23)6-4-13)28-20(29-30)22(31)27-15-7-9-17(24)19(26)10-15/h2-11H,1H3,(H,27,31). The highest BCUT2D eigenvalue weighted by Gasteiger charge is 2.20. The second-order valence-electron chi connectivity index (χ2n) is 6.69. The molecule has 156 valence electrons. The van der Waals surface area contributed by atoms with Crippen LogP contribution in [0.1, 0.15) is 16.2 Å². The van der Waals surface area contributed by atoms with Crippen molar-refractivity contribution in [3.63, 3.8) is 0 Å². The van der Waals surface area contributed by atoms with E-state index in [-0.39, 0.29) is 5.82 Å². The minimum Gasteiger partial charge on any atom is -0.319 e. The van der Waals surface area contributed by atoms with Gasteiger partial charge in [0.1, 0.15) is 0 Å². The molecule has 4 rings (SSSR count). The lowest BCUT2D eigenvalue weighted by molar-refractivity contribution is 0.101. The zero-order chi connectivity index (χ0) is 22.1. The smallest absolute Gasteiger partial charge is 0.295 e. The lowest BCUT2D eigenvalue weighted by Gasteiger charge is -2.07. The molecule has 0 aliphatic heterocycles. The molecule has 0 aliphatic carbocycles. The van der Waals surface area contributed by atoms with E-state index in [1.54, 1.807) is 53.2 Å². The molecule has 5 nitrogen and oxygen atoms in total. The molecule has 0 atom stereocenters. The third kappa shape index (κ3) is 4.70. The summed E-state index contributed by atoms with van der Waals surface area (Å²) in [6, 6.07) is 17.4. The molecule has 0 aliphatic rings. The van der Waals surface area contributed by atoms with Gasteiger partial charge in [-0.3, -0.25) is 4.79 Å². The molecule has 0 saturated carbocycles. The van der Waals surface area contributed by atoms with Gasteiger partial charge in [0.25, 0.3) is 5.91 Å². The Bertz CT molecular complexity index is 1290. The molecule has 0 radical (unpaired) electrons. The van der Waals surface area contributed by atoms with Gasteiger partial charge < -0.3 is 5.32 Å². The molecule has 0 unspecified atom stereocenters. The lowest BCUT2D eigenvalue weighted by atomic mass is 10.2. The number of hydrogen-bond acceptors (Lipinski definition) is 3. The Morgan fingerprint density at radius 3 is 2.29 bits per heavy atom. The Morgan fingerprint density at radius 2 is 1.61 bits per heavy atom. The molecule has 3 aromatic carbocycles. The largest absolute Gasteiger partial charge is 0.319 e. The average molecular weight is 492 g/mol. The normalized spacial score (nSPS) is 10.9. The maximum atomic E-state index is 12.8. The molecule has 31 heavy (non-hydrogen) atoms. The average Bonchev–Trinajstić information content (AvgIpc) is 3.19. The SMILES string of the molecule is Cc1ccc(-n2nc(C(=O)Nc3ccc(Cl)c(Cl)c3)nc2-c2ccc(Cl)cc2)cc1Cl. The predicted molar refractivity (Wildman–Crippen MR) is 126 cm³/mol. The Morgan fingerprint density at radius 1 is 0.871 bits per heavy atom. The van der Waals surface area contributed by atoms with Gasteiger partial charge in [-0.2, -0.15) is 0 Å². The number of nitrogens with one attached hydrogen (secondary N) is 1. The monoisotopic (exact) mass is 490 g/mol. The van der Waals surface area contributed by atoms with E-state index in [4.69, 9.17) is 46.4 Å². The number of amides is 1. The van der Waals surface area contributed by atoms with Crippen molar-refractivity contribution >= 4 is 58.0 Å². The van der Waals surface area contributed by atoms with Crippen molar-refractivity contribution in [3.8, 4) is 17.1 Å². The molecule has 0 spiro atoms. The maximum Gasteiger partial charge on any atom is 0.295 e. The number of carbonyl (C=O) groups excluding carboxylic acids is 1. The number of carbonyl (C=O) groups is 1. The van der Waals surface area contributed by atoms with Crippen molar-refractivity contribution in [2.75, 3.05) is 5.32 Å². The van der Waals surface area contributed by atoms with Gasteiger partial charge in [0.15, 0.2) is 5.82 Å². The zero-order valence-electron chi connectivity index (χ0n) is 16.0. The number of halogens is 4. The quantitative estimate of drug-likeness (QED) is 0.331. The third-order valence-electron chi connectivity index (χ3n) is 4.49. The summed E-state index contributed by atoms with van der Waals surface area (Å²) < 4.78 is 1.57. The van der Waals surface area contributed by atoms with Gasteiger partial charge in [-0.15, -0.1) is 5.10 Å². The van der Waals surface area contributed by atoms with E-state index < -0.39 is 5.91 Å². The second-order valence-corrected chi connectivity index (χ2v) is 8.35. The Hall–Kier alpha value is -2.57. The number of hydrogen-bond donors (Lipinski definition) is 1. The summed E-state index contributed by atoms with van der Waals surface area (Å²) in [6.07, 6.45) is 0. The summed E-state index contributed by atoms with van der Waals surface area (Å²) in [5.41, 5.74) is 2.81. The third-order valence-corrected chi connectivity index (χ3v) is 5.89. The van der Waals surface area contributed by atoms with Crippen molar-refractivity contribution in [1.82, 2.24) is 14.8 Å². The van der Waals surface area contributed by atoms with Gasteiger partial charge in [0, 0.05) is 21.3 Å². The van der Waals surface area contributed by atoms with Gasteiger partial charge in [-0.05, 0) is 67.1 Å². The molecule has 1 N–H and O–H groups in total. The first kappa shape index (κ1) is 21.7. The first-order valence-electron chi connectivity index (χ1n) is 9.08. The second kappa shape index (κ2) is 8.89. The van der Waals surface area contributed by atoms with Crippen molar-refractivity contribution in [2.45, 2.75) is 6.92 Å². The van der Waals surface area contributed by atoms with E-state index in [2.05, 4.69) is 15.4 Å². The van der Waals surface area contributed by atoms with Crippen LogP contribution in [-0.4, -0.2) is 20.7 Å². The topological polar surface area (TPSA) is 59.8 Å². The van der Waals surface area contributed by atoms with E-state index in [9.17, 15) is 4.79 Å². The number of benzene rings is 3. The van der Waals surface area contributed by atoms with Crippen molar-refractivity contribution in [3.05, 3.63) is 92.1 Å². The minimum absolute atomic E-state index is 0.0206. The summed E-state index contributed by atoms with van der Waals surface area (Å²) in [5.74, 6) is -0.0471. The first-order valence-corrected chi connectivity index (χ1v) is 10.6. The minimum atomic E-state index is -0.495. The van der Waals surface area contributed by atoms with Crippen LogP contribution in [-0.2, 0) is 0 Å². The van der Waals surface area contributed by atoms with Crippen molar-refractivity contribution < 1.29 is 4.79 Å². The number of rotatable bonds is 4. The van der Waals surface area contributed by atoms with Crippen LogP contribution < -0.4 is 5.32 Å². The molecule has 0 saturated heterocycles. The van der Waals surface area contributed by atoms with Gasteiger partial charge in [-0.25, -0.2) is 9.67 Å². The molecule has 9 heteroatoms. The molecular formula is C22H14Cl4N4O. The maximum absolute atomic E-state index is 12.8. The molecule has 1 heterocycles. The van der Waals surface area contributed by atoms with Crippen LogP contribution in [0.3, 0.4) is 0 Å². The fourth-order valence-electron chi connectivity index (χ4n) is 2.85. The van der Waals surface area contributed by atoms with E-state index in [0.29, 0.717) is 37.3 Å². The number of nitrogens with zero attached hydrogens (tertiary/aromatic N) is 3. The van der Waals surface area contributed by atoms with Crippen LogP contribution in [0.4, 0.5) is 5.69 Å². The summed E-state index contributed by atoms with van der Waals surface area (Å²) >= 11 is 24.3. The fraction of sp³-hybridized carbons (Fsp3) is 0.0455. The molecule has 1 aromatic heterocycles.